The third kappa shape index (κ3) is 3.78. The number of rotatable bonds is 7. The Labute approximate surface area is 108 Å². The number of ether oxygens (including phenoxy) is 3. The summed E-state index contributed by atoms with van der Waals surface area (Å²) >= 11 is 0. The van der Waals surface area contributed by atoms with Crippen molar-refractivity contribution in [2.75, 3.05) is 27.9 Å². The van der Waals surface area contributed by atoms with Crippen molar-refractivity contribution in [3.63, 3.8) is 0 Å². The molecule has 1 aromatic rings. The van der Waals surface area contributed by atoms with Crippen molar-refractivity contribution >= 4 is 0 Å². The van der Waals surface area contributed by atoms with Crippen LogP contribution in [0.2, 0.25) is 0 Å². The number of methoxy groups -OCH3 is 2. The van der Waals surface area contributed by atoms with Crippen LogP contribution in [-0.4, -0.2) is 39.1 Å². The summed E-state index contributed by atoms with van der Waals surface area (Å²) in [5.41, 5.74) is 1.04. The third-order valence-electron chi connectivity index (χ3n) is 2.37. The van der Waals surface area contributed by atoms with Gasteiger partial charge in [-0.15, -0.1) is 0 Å². The molecule has 1 aromatic carbocycles. The first-order chi connectivity index (χ1) is 8.62. The number of hydrogen-bond donors (Lipinski definition) is 2. The first-order valence-corrected chi connectivity index (χ1v) is 5.82. The zero-order valence-corrected chi connectivity index (χ0v) is 11.3. The van der Waals surface area contributed by atoms with Gasteiger partial charge in [-0.2, -0.15) is 0 Å². The quantitative estimate of drug-likeness (QED) is 0.766. The molecule has 0 bridgehead atoms. The number of nitrogens with one attached hydrogen (secondary N) is 1. The number of aliphatic hydroxyl groups excluding tert-OH is 1. The summed E-state index contributed by atoms with van der Waals surface area (Å²) in [7, 11) is 5.02. The molecule has 0 heterocycles. The molecular formula is C13H21NO4. The maximum Gasteiger partial charge on any atom is 0.203 e. The second-order valence-corrected chi connectivity index (χ2v) is 4.02. The van der Waals surface area contributed by atoms with Crippen molar-refractivity contribution in [1.82, 2.24) is 5.32 Å². The third-order valence-corrected chi connectivity index (χ3v) is 2.37. The molecule has 0 spiro atoms. The molecule has 0 radical (unpaired) electrons. The largest absolute Gasteiger partial charge is 0.493 e. The molecule has 102 valence electrons. The highest BCUT2D eigenvalue weighted by Gasteiger charge is 2.14. The Bertz CT molecular complexity index is 354. The average Bonchev–Trinajstić information content (AvgIpc) is 2.36. The topological polar surface area (TPSA) is 60.0 Å². The summed E-state index contributed by atoms with van der Waals surface area (Å²) in [5.74, 6) is 1.71. The minimum Gasteiger partial charge on any atom is -0.493 e. The predicted molar refractivity (Wildman–Crippen MR) is 69.5 cm³/mol. The minimum atomic E-state index is -0.545. The fourth-order valence-electron chi connectivity index (χ4n) is 1.59. The van der Waals surface area contributed by atoms with Gasteiger partial charge in [0.25, 0.3) is 0 Å². The van der Waals surface area contributed by atoms with Crippen LogP contribution in [0.25, 0.3) is 0 Å². The van der Waals surface area contributed by atoms with E-state index in [0.717, 1.165) is 5.56 Å². The van der Waals surface area contributed by atoms with E-state index in [1.54, 1.807) is 21.1 Å². The normalized spacial score (nSPS) is 12.1. The summed E-state index contributed by atoms with van der Waals surface area (Å²) < 4.78 is 16.1. The lowest BCUT2D eigenvalue weighted by atomic mass is 10.2. The SMILES string of the molecule is CNCc1cc(OC)c(OCC(C)O)c(OC)c1. The zero-order valence-electron chi connectivity index (χ0n) is 11.3. The van der Waals surface area contributed by atoms with Crippen LogP contribution in [0.3, 0.4) is 0 Å². The molecule has 0 saturated heterocycles. The fraction of sp³-hybridized carbons (Fsp3) is 0.538. The molecule has 0 aliphatic rings. The Hall–Kier alpha value is -1.46. The van der Waals surface area contributed by atoms with E-state index < -0.39 is 6.10 Å². The van der Waals surface area contributed by atoms with E-state index in [-0.39, 0.29) is 6.61 Å². The molecular weight excluding hydrogens is 234 g/mol. The number of benzene rings is 1. The molecule has 0 amide bonds. The van der Waals surface area contributed by atoms with E-state index in [2.05, 4.69) is 5.32 Å². The smallest absolute Gasteiger partial charge is 0.203 e. The first kappa shape index (κ1) is 14.6. The van der Waals surface area contributed by atoms with Crippen molar-refractivity contribution in [3.8, 4) is 17.2 Å². The van der Waals surface area contributed by atoms with Gasteiger partial charge >= 0.3 is 0 Å². The van der Waals surface area contributed by atoms with Gasteiger partial charge in [0.1, 0.15) is 6.61 Å². The summed E-state index contributed by atoms with van der Waals surface area (Å²) in [5, 5.41) is 12.3. The molecule has 0 aliphatic carbocycles. The lowest BCUT2D eigenvalue weighted by molar-refractivity contribution is 0.118. The van der Waals surface area contributed by atoms with Crippen LogP contribution in [0.4, 0.5) is 0 Å². The van der Waals surface area contributed by atoms with Crippen LogP contribution in [0.15, 0.2) is 12.1 Å². The van der Waals surface area contributed by atoms with Crippen LogP contribution >= 0.6 is 0 Å². The van der Waals surface area contributed by atoms with Gasteiger partial charge in [-0.3, -0.25) is 0 Å². The second kappa shape index (κ2) is 7.08. The Morgan fingerprint density at radius 2 is 1.78 bits per heavy atom. The lowest BCUT2D eigenvalue weighted by Crippen LogP contribution is -2.14. The van der Waals surface area contributed by atoms with E-state index >= 15 is 0 Å². The van der Waals surface area contributed by atoms with Crippen LogP contribution in [0.5, 0.6) is 17.2 Å². The number of hydrogen-bond acceptors (Lipinski definition) is 5. The molecule has 5 heteroatoms. The molecule has 18 heavy (non-hydrogen) atoms. The monoisotopic (exact) mass is 255 g/mol. The Morgan fingerprint density at radius 1 is 1.22 bits per heavy atom. The van der Waals surface area contributed by atoms with Gasteiger partial charge in [0.15, 0.2) is 11.5 Å². The first-order valence-electron chi connectivity index (χ1n) is 5.82. The predicted octanol–water partition coefficient (Wildman–Crippen LogP) is 1.18. The van der Waals surface area contributed by atoms with Crippen LogP contribution in [-0.2, 0) is 6.54 Å². The van der Waals surface area contributed by atoms with Gasteiger partial charge in [-0.05, 0) is 31.7 Å². The van der Waals surface area contributed by atoms with Gasteiger partial charge in [0.2, 0.25) is 5.75 Å². The van der Waals surface area contributed by atoms with Crippen molar-refractivity contribution in [2.45, 2.75) is 19.6 Å². The molecule has 0 aromatic heterocycles. The maximum atomic E-state index is 9.26. The molecule has 0 aliphatic heterocycles. The van der Waals surface area contributed by atoms with E-state index in [9.17, 15) is 5.11 Å². The van der Waals surface area contributed by atoms with Gasteiger partial charge in [0, 0.05) is 6.54 Å². The number of aliphatic hydroxyl groups is 1. The molecule has 5 nitrogen and oxygen atoms in total. The van der Waals surface area contributed by atoms with Crippen LogP contribution in [0, 0.1) is 0 Å². The van der Waals surface area contributed by atoms with Gasteiger partial charge < -0.3 is 24.6 Å². The van der Waals surface area contributed by atoms with Gasteiger partial charge in [-0.1, -0.05) is 0 Å². The van der Waals surface area contributed by atoms with E-state index in [0.29, 0.717) is 23.8 Å². The zero-order chi connectivity index (χ0) is 13.5. The average molecular weight is 255 g/mol. The van der Waals surface area contributed by atoms with Gasteiger partial charge in [0.05, 0.1) is 20.3 Å². The van der Waals surface area contributed by atoms with E-state index in [1.165, 1.54) is 0 Å². The highest BCUT2D eigenvalue weighted by molar-refractivity contribution is 5.53. The Kier molecular flexibility index (Phi) is 5.74. The maximum absolute atomic E-state index is 9.26. The summed E-state index contributed by atoms with van der Waals surface area (Å²) in [4.78, 5) is 0. The molecule has 1 rings (SSSR count). The Balaban J connectivity index is 3.04. The van der Waals surface area contributed by atoms with Crippen molar-refractivity contribution in [2.24, 2.45) is 0 Å². The second-order valence-electron chi connectivity index (χ2n) is 4.02. The van der Waals surface area contributed by atoms with Crippen LogP contribution < -0.4 is 19.5 Å². The van der Waals surface area contributed by atoms with Gasteiger partial charge in [-0.25, -0.2) is 0 Å². The molecule has 2 N–H and O–H groups in total. The Morgan fingerprint density at radius 3 is 2.17 bits per heavy atom. The van der Waals surface area contributed by atoms with Crippen molar-refractivity contribution in [1.29, 1.82) is 0 Å². The molecule has 0 fully saturated rings. The fourth-order valence-corrected chi connectivity index (χ4v) is 1.59. The summed E-state index contributed by atoms with van der Waals surface area (Å²) in [6.07, 6.45) is -0.545. The highest BCUT2D eigenvalue weighted by atomic mass is 16.5. The summed E-state index contributed by atoms with van der Waals surface area (Å²) in [6, 6.07) is 3.77. The van der Waals surface area contributed by atoms with E-state index in [1.807, 2.05) is 19.2 Å². The standard InChI is InChI=1S/C13H21NO4/c1-9(15)8-18-13-11(16-3)5-10(7-14-2)6-12(13)17-4/h5-6,9,14-15H,7-8H2,1-4H3. The molecule has 0 saturated carbocycles. The summed E-state index contributed by atoms with van der Waals surface area (Å²) in [6.45, 7) is 2.57. The molecule has 1 atom stereocenters. The van der Waals surface area contributed by atoms with Crippen molar-refractivity contribution < 1.29 is 19.3 Å². The van der Waals surface area contributed by atoms with E-state index in [4.69, 9.17) is 14.2 Å². The lowest BCUT2D eigenvalue weighted by Gasteiger charge is -2.16. The van der Waals surface area contributed by atoms with Crippen molar-refractivity contribution in [3.05, 3.63) is 17.7 Å². The molecule has 1 unspecified atom stereocenters. The minimum absolute atomic E-state index is 0.193. The van der Waals surface area contributed by atoms with Crippen LogP contribution in [0.1, 0.15) is 12.5 Å². The highest BCUT2D eigenvalue weighted by Crippen LogP contribution is 2.38.